The standard InChI is InChI=1S/C30H36N8O4/c1-18-14-37-16-25(32-27(37)23(17-39)31-18)33-28(40)21-8-9-24(22-15-35(5)34-26(21)22)36-12-10-20(11-13-36)38(19-6-7-19)29(41)42-30(2,3)4/h8-9,14-17,19-20H,6-7,10-13H2,1-5H3,(H,33,40). The molecule has 2 fully saturated rings. The average molecular weight is 573 g/mol. The Morgan fingerprint density at radius 2 is 1.76 bits per heavy atom. The van der Waals surface area contributed by atoms with E-state index in [0.29, 0.717) is 34.5 Å². The maximum atomic E-state index is 13.4. The smallest absolute Gasteiger partial charge is 0.410 e. The van der Waals surface area contributed by atoms with Crippen molar-refractivity contribution in [2.45, 2.75) is 71.1 Å². The number of hydrogen-bond acceptors (Lipinski definition) is 8. The van der Waals surface area contributed by atoms with E-state index in [4.69, 9.17) is 4.74 Å². The lowest BCUT2D eigenvalue weighted by molar-refractivity contribution is 0.0113. The zero-order valence-corrected chi connectivity index (χ0v) is 24.6. The van der Waals surface area contributed by atoms with Crippen LogP contribution in [0.1, 0.15) is 73.0 Å². The first kappa shape index (κ1) is 27.7. The van der Waals surface area contributed by atoms with Gasteiger partial charge in [-0.05, 0) is 65.5 Å². The highest BCUT2D eigenvalue weighted by molar-refractivity contribution is 6.13. The summed E-state index contributed by atoms with van der Waals surface area (Å²) in [6.45, 7) is 9.05. The van der Waals surface area contributed by atoms with Crippen LogP contribution in [0.2, 0.25) is 0 Å². The molecule has 12 nitrogen and oxygen atoms in total. The number of rotatable bonds is 6. The lowest BCUT2D eigenvalue weighted by Gasteiger charge is -2.40. The Hall–Kier alpha value is -4.48. The number of piperidine rings is 1. The molecular formula is C30H36N8O4. The number of amides is 2. The van der Waals surface area contributed by atoms with E-state index in [-0.39, 0.29) is 29.8 Å². The van der Waals surface area contributed by atoms with Crippen molar-refractivity contribution in [3.8, 4) is 0 Å². The van der Waals surface area contributed by atoms with Gasteiger partial charge in [0.2, 0.25) is 0 Å². The molecule has 3 aromatic heterocycles. The van der Waals surface area contributed by atoms with E-state index in [1.54, 1.807) is 34.5 Å². The lowest BCUT2D eigenvalue weighted by atomic mass is 10.0. The van der Waals surface area contributed by atoms with Crippen molar-refractivity contribution < 1.29 is 19.1 Å². The number of anilines is 2. The number of ether oxygens (including phenoxy) is 1. The molecule has 2 aliphatic rings. The van der Waals surface area contributed by atoms with E-state index in [1.807, 2.05) is 45.0 Å². The Morgan fingerprint density at radius 3 is 2.43 bits per heavy atom. The number of carbonyl (C=O) groups excluding carboxylic acids is 3. The van der Waals surface area contributed by atoms with Crippen LogP contribution >= 0.6 is 0 Å². The van der Waals surface area contributed by atoms with Crippen LogP contribution in [-0.2, 0) is 11.8 Å². The first-order valence-corrected chi connectivity index (χ1v) is 14.4. The number of aromatic nitrogens is 5. The maximum absolute atomic E-state index is 13.4. The summed E-state index contributed by atoms with van der Waals surface area (Å²) in [5.74, 6) is -0.0296. The monoisotopic (exact) mass is 572 g/mol. The van der Waals surface area contributed by atoms with Gasteiger partial charge in [-0.3, -0.25) is 14.3 Å². The predicted molar refractivity (Wildman–Crippen MR) is 158 cm³/mol. The number of hydrogen-bond donors (Lipinski definition) is 1. The van der Waals surface area contributed by atoms with Gasteiger partial charge < -0.3 is 24.3 Å². The second-order valence-corrected chi connectivity index (χ2v) is 12.2. The zero-order chi connectivity index (χ0) is 29.8. The van der Waals surface area contributed by atoms with E-state index in [2.05, 4.69) is 25.3 Å². The highest BCUT2D eigenvalue weighted by Crippen LogP contribution is 2.36. The Kier molecular flexibility index (Phi) is 6.86. The van der Waals surface area contributed by atoms with E-state index >= 15 is 0 Å². The Morgan fingerprint density at radius 1 is 1.05 bits per heavy atom. The van der Waals surface area contributed by atoms with Crippen molar-refractivity contribution in [2.24, 2.45) is 7.05 Å². The molecule has 0 bridgehead atoms. The topological polar surface area (TPSA) is 127 Å². The zero-order valence-electron chi connectivity index (χ0n) is 24.6. The summed E-state index contributed by atoms with van der Waals surface area (Å²) in [7, 11) is 1.84. The molecule has 1 saturated carbocycles. The minimum Gasteiger partial charge on any atom is -0.444 e. The number of aryl methyl sites for hydroxylation is 2. The third-order valence-electron chi connectivity index (χ3n) is 7.69. The first-order chi connectivity index (χ1) is 20.0. The normalized spacial score (nSPS) is 16.2. The van der Waals surface area contributed by atoms with Gasteiger partial charge >= 0.3 is 6.09 Å². The van der Waals surface area contributed by atoms with Gasteiger partial charge in [-0.1, -0.05) is 0 Å². The summed E-state index contributed by atoms with van der Waals surface area (Å²) in [5, 5.41) is 8.36. The molecule has 4 heterocycles. The fourth-order valence-electron chi connectivity index (χ4n) is 5.79. The van der Waals surface area contributed by atoms with Crippen LogP contribution in [0.15, 0.2) is 30.7 Å². The van der Waals surface area contributed by atoms with Gasteiger partial charge in [0.25, 0.3) is 5.91 Å². The highest BCUT2D eigenvalue weighted by Gasteiger charge is 2.41. The molecule has 1 saturated heterocycles. The molecule has 42 heavy (non-hydrogen) atoms. The number of nitrogens with zero attached hydrogens (tertiary/aromatic N) is 7. The van der Waals surface area contributed by atoms with Gasteiger partial charge in [0, 0.05) is 55.7 Å². The molecule has 0 spiro atoms. The van der Waals surface area contributed by atoms with Crippen molar-refractivity contribution >= 4 is 46.3 Å². The summed E-state index contributed by atoms with van der Waals surface area (Å²) in [4.78, 5) is 50.8. The van der Waals surface area contributed by atoms with Gasteiger partial charge in [0.05, 0.1) is 17.5 Å². The number of imidazole rings is 1. The largest absolute Gasteiger partial charge is 0.444 e. The molecule has 6 rings (SSSR count). The van der Waals surface area contributed by atoms with Crippen LogP contribution in [0.3, 0.4) is 0 Å². The molecule has 1 aliphatic heterocycles. The lowest BCUT2D eigenvalue weighted by Crippen LogP contribution is -2.50. The predicted octanol–water partition coefficient (Wildman–Crippen LogP) is 4.36. The van der Waals surface area contributed by atoms with Gasteiger partial charge in [0.15, 0.2) is 17.8 Å². The fraction of sp³-hybridized carbons (Fsp3) is 0.467. The molecule has 0 atom stereocenters. The Labute approximate surface area is 243 Å². The summed E-state index contributed by atoms with van der Waals surface area (Å²) < 4.78 is 9.13. The van der Waals surface area contributed by atoms with Crippen molar-refractivity contribution in [1.29, 1.82) is 0 Å². The third kappa shape index (κ3) is 5.40. The first-order valence-electron chi connectivity index (χ1n) is 14.4. The van der Waals surface area contributed by atoms with Crippen LogP contribution in [0.25, 0.3) is 16.6 Å². The van der Waals surface area contributed by atoms with Crippen LogP contribution < -0.4 is 10.2 Å². The molecule has 1 N–H and O–H groups in total. The summed E-state index contributed by atoms with van der Waals surface area (Å²) in [5.41, 5.74) is 2.76. The number of benzene rings is 1. The van der Waals surface area contributed by atoms with E-state index in [9.17, 15) is 14.4 Å². The van der Waals surface area contributed by atoms with Gasteiger partial charge in [0.1, 0.15) is 16.8 Å². The van der Waals surface area contributed by atoms with Gasteiger partial charge in [-0.15, -0.1) is 0 Å². The minimum atomic E-state index is -0.523. The van der Waals surface area contributed by atoms with E-state index in [0.717, 1.165) is 49.8 Å². The second-order valence-electron chi connectivity index (χ2n) is 12.2. The Balaban J connectivity index is 1.21. The molecule has 220 valence electrons. The van der Waals surface area contributed by atoms with Gasteiger partial charge in [-0.2, -0.15) is 5.10 Å². The number of carbonyl (C=O) groups is 3. The van der Waals surface area contributed by atoms with Gasteiger partial charge in [-0.25, -0.2) is 14.8 Å². The van der Waals surface area contributed by atoms with Crippen molar-refractivity contribution in [3.63, 3.8) is 0 Å². The summed E-state index contributed by atoms with van der Waals surface area (Å²) in [6, 6.07) is 4.18. The molecule has 1 aliphatic carbocycles. The third-order valence-corrected chi connectivity index (χ3v) is 7.69. The molecule has 0 radical (unpaired) electrons. The quantitative estimate of drug-likeness (QED) is 0.338. The highest BCUT2D eigenvalue weighted by atomic mass is 16.6. The van der Waals surface area contributed by atoms with Crippen molar-refractivity contribution in [2.75, 3.05) is 23.3 Å². The van der Waals surface area contributed by atoms with Crippen LogP contribution in [0, 0.1) is 6.92 Å². The van der Waals surface area contributed by atoms with E-state index < -0.39 is 5.60 Å². The Bertz CT molecular complexity index is 1690. The molecule has 4 aromatic rings. The van der Waals surface area contributed by atoms with E-state index in [1.165, 1.54) is 0 Å². The van der Waals surface area contributed by atoms with Crippen LogP contribution in [-0.4, -0.2) is 78.1 Å². The van der Waals surface area contributed by atoms with Crippen LogP contribution in [0.5, 0.6) is 0 Å². The number of aldehydes is 1. The molecular weight excluding hydrogens is 536 g/mol. The number of nitrogens with one attached hydrogen (secondary N) is 1. The molecule has 12 heteroatoms. The summed E-state index contributed by atoms with van der Waals surface area (Å²) >= 11 is 0. The molecule has 0 unspecified atom stereocenters. The maximum Gasteiger partial charge on any atom is 0.410 e. The summed E-state index contributed by atoms with van der Waals surface area (Å²) in [6.07, 6.45) is 9.51. The van der Waals surface area contributed by atoms with Crippen molar-refractivity contribution in [3.05, 3.63) is 47.7 Å². The molecule has 1 aromatic carbocycles. The molecule has 2 amide bonds. The minimum absolute atomic E-state index is 0.141. The van der Waals surface area contributed by atoms with Crippen molar-refractivity contribution in [1.82, 2.24) is 29.0 Å². The SMILES string of the molecule is Cc1cn2cc(NC(=O)c3ccc(N4CCC(N(C(=O)OC(C)(C)C)C5CC5)CC4)c4cn(C)nc34)nc2c(C=O)n1. The second kappa shape index (κ2) is 10.4. The average Bonchev–Trinajstić information content (AvgIpc) is 3.54. The van der Waals surface area contributed by atoms with Crippen LogP contribution in [0.4, 0.5) is 16.3 Å². The fourth-order valence-corrected chi connectivity index (χ4v) is 5.79. The number of fused-ring (bicyclic) bond motifs is 2.